The van der Waals surface area contributed by atoms with Gasteiger partial charge in [-0.05, 0) is 35.8 Å². The first kappa shape index (κ1) is 17.8. The molecule has 1 N–H and O–H groups in total. The number of carbonyl (C=O) groups excluding carboxylic acids is 2. The Morgan fingerprint density at radius 3 is 2.69 bits per heavy atom. The number of carbonyl (C=O) groups is 2. The van der Waals surface area contributed by atoms with Crippen LogP contribution < -0.4 is 5.32 Å². The zero-order valence-corrected chi connectivity index (χ0v) is 13.9. The summed E-state index contributed by atoms with van der Waals surface area (Å²) in [6, 6.07) is 9.94. The predicted octanol–water partition coefficient (Wildman–Crippen LogP) is 4.42. The smallest absolute Gasteiger partial charge is 0.407 e. The van der Waals surface area contributed by atoms with Crippen molar-refractivity contribution in [3.05, 3.63) is 77.4 Å². The van der Waals surface area contributed by atoms with E-state index in [4.69, 9.17) is 4.74 Å². The van der Waals surface area contributed by atoms with E-state index in [1.807, 2.05) is 6.07 Å². The van der Waals surface area contributed by atoms with E-state index in [0.29, 0.717) is 11.1 Å². The minimum atomic E-state index is -0.693. The van der Waals surface area contributed by atoms with E-state index >= 15 is 0 Å². The average Bonchev–Trinajstić information content (AvgIpc) is 3.06. The number of rotatable bonds is 6. The second kappa shape index (κ2) is 7.47. The molecule has 0 radical (unpaired) electrons. The van der Waals surface area contributed by atoms with Crippen LogP contribution in [-0.2, 0) is 4.74 Å². The van der Waals surface area contributed by atoms with Gasteiger partial charge in [-0.15, -0.1) is 0 Å². The summed E-state index contributed by atoms with van der Waals surface area (Å²) in [4.78, 5) is 23.6. The first-order valence-electron chi connectivity index (χ1n) is 8.13. The summed E-state index contributed by atoms with van der Waals surface area (Å²) in [6.45, 7) is 4.01. The largest absolute Gasteiger partial charge is 0.447 e. The van der Waals surface area contributed by atoms with Crippen LogP contribution in [0.1, 0.15) is 40.4 Å². The van der Waals surface area contributed by atoms with E-state index in [9.17, 15) is 18.4 Å². The van der Waals surface area contributed by atoms with Crippen LogP contribution in [0.4, 0.5) is 13.6 Å². The SMILES string of the molecule is C=C(CCC(=O)c1cccc(C2COC(=O)N2)c1)c1ccc(F)cc1F. The van der Waals surface area contributed by atoms with Crippen molar-refractivity contribution < 1.29 is 23.1 Å². The Kier molecular flexibility index (Phi) is 5.11. The molecule has 1 fully saturated rings. The van der Waals surface area contributed by atoms with Crippen molar-refractivity contribution in [2.75, 3.05) is 6.61 Å². The molecule has 0 aliphatic carbocycles. The zero-order chi connectivity index (χ0) is 18.7. The van der Waals surface area contributed by atoms with Gasteiger partial charge in [0.1, 0.15) is 18.2 Å². The van der Waals surface area contributed by atoms with Crippen molar-refractivity contribution in [2.24, 2.45) is 0 Å². The Hall–Kier alpha value is -3.02. The number of hydrogen-bond acceptors (Lipinski definition) is 3. The number of Topliss-reactive ketones (excluding diaryl/α,β-unsaturated/α-hetero) is 1. The van der Waals surface area contributed by atoms with Gasteiger partial charge < -0.3 is 10.1 Å². The molecule has 2 aromatic carbocycles. The molecule has 1 saturated heterocycles. The quantitative estimate of drug-likeness (QED) is 0.779. The molecule has 3 rings (SSSR count). The van der Waals surface area contributed by atoms with Crippen molar-refractivity contribution >= 4 is 17.4 Å². The summed E-state index contributed by atoms with van der Waals surface area (Å²) in [5.41, 5.74) is 1.92. The summed E-state index contributed by atoms with van der Waals surface area (Å²) in [7, 11) is 0. The normalized spacial score (nSPS) is 16.1. The number of hydrogen-bond donors (Lipinski definition) is 1. The lowest BCUT2D eigenvalue weighted by atomic mass is 9.97. The summed E-state index contributed by atoms with van der Waals surface area (Å²) >= 11 is 0. The van der Waals surface area contributed by atoms with Crippen LogP contribution >= 0.6 is 0 Å². The first-order chi connectivity index (χ1) is 12.4. The third-order valence-corrected chi connectivity index (χ3v) is 4.25. The van der Waals surface area contributed by atoms with Crippen molar-refractivity contribution in [3.63, 3.8) is 0 Å². The Morgan fingerprint density at radius 1 is 1.19 bits per heavy atom. The van der Waals surface area contributed by atoms with E-state index in [1.165, 1.54) is 6.07 Å². The number of allylic oxidation sites excluding steroid dienone is 1. The molecule has 0 bridgehead atoms. The minimum absolute atomic E-state index is 0.124. The zero-order valence-electron chi connectivity index (χ0n) is 13.9. The van der Waals surface area contributed by atoms with Crippen LogP contribution in [0.2, 0.25) is 0 Å². The van der Waals surface area contributed by atoms with Gasteiger partial charge >= 0.3 is 6.09 Å². The van der Waals surface area contributed by atoms with Crippen molar-refractivity contribution in [3.8, 4) is 0 Å². The Balaban J connectivity index is 1.65. The van der Waals surface area contributed by atoms with Crippen LogP contribution in [0.5, 0.6) is 0 Å². The van der Waals surface area contributed by atoms with E-state index in [-0.39, 0.29) is 36.8 Å². The summed E-state index contributed by atoms with van der Waals surface area (Å²) in [5.74, 6) is -1.47. The molecule has 1 atom stereocenters. The Bertz CT molecular complexity index is 879. The number of cyclic esters (lactones) is 1. The molecule has 1 amide bonds. The minimum Gasteiger partial charge on any atom is -0.447 e. The van der Waals surface area contributed by atoms with E-state index in [2.05, 4.69) is 11.9 Å². The predicted molar refractivity (Wildman–Crippen MR) is 92.6 cm³/mol. The van der Waals surface area contributed by atoms with Crippen LogP contribution in [-0.4, -0.2) is 18.5 Å². The second-order valence-corrected chi connectivity index (χ2v) is 6.07. The lowest BCUT2D eigenvalue weighted by Crippen LogP contribution is -2.18. The van der Waals surface area contributed by atoms with Gasteiger partial charge in [0, 0.05) is 23.6 Å². The number of ketones is 1. The van der Waals surface area contributed by atoms with Crippen LogP contribution in [0.25, 0.3) is 5.57 Å². The highest BCUT2D eigenvalue weighted by atomic mass is 19.1. The molecule has 0 spiro atoms. The van der Waals surface area contributed by atoms with Crippen LogP contribution in [0, 0.1) is 11.6 Å². The van der Waals surface area contributed by atoms with E-state index in [1.54, 1.807) is 18.2 Å². The van der Waals surface area contributed by atoms with Gasteiger partial charge in [-0.2, -0.15) is 0 Å². The second-order valence-electron chi connectivity index (χ2n) is 6.07. The standard InChI is InChI=1S/C20H17F2NO3/c1-12(16-7-6-15(21)10-17(16)22)5-8-19(24)14-4-2-3-13(9-14)18-11-26-20(25)23-18/h2-4,6-7,9-10,18H,1,5,8,11H2,(H,23,25). The fraction of sp³-hybridized carbons (Fsp3) is 0.200. The maximum absolute atomic E-state index is 13.8. The molecule has 0 aromatic heterocycles. The van der Waals surface area contributed by atoms with E-state index < -0.39 is 17.7 Å². The molecule has 1 aliphatic rings. The highest BCUT2D eigenvalue weighted by molar-refractivity contribution is 5.97. The molecule has 1 aliphatic heterocycles. The number of ether oxygens (including phenoxy) is 1. The molecule has 1 unspecified atom stereocenters. The van der Waals surface area contributed by atoms with Gasteiger partial charge in [-0.3, -0.25) is 4.79 Å². The summed E-state index contributed by atoms with van der Waals surface area (Å²) < 4.78 is 31.6. The third-order valence-electron chi connectivity index (χ3n) is 4.25. The fourth-order valence-corrected chi connectivity index (χ4v) is 2.81. The number of alkyl carbamates (subject to hydrolysis) is 1. The van der Waals surface area contributed by atoms with Crippen molar-refractivity contribution in [1.82, 2.24) is 5.32 Å². The average molecular weight is 357 g/mol. The molecular weight excluding hydrogens is 340 g/mol. The monoisotopic (exact) mass is 357 g/mol. The number of halogens is 2. The maximum atomic E-state index is 13.8. The van der Waals surface area contributed by atoms with Gasteiger partial charge in [0.15, 0.2) is 5.78 Å². The highest BCUT2D eigenvalue weighted by Gasteiger charge is 2.24. The van der Waals surface area contributed by atoms with Crippen LogP contribution in [0.3, 0.4) is 0 Å². The Morgan fingerprint density at radius 2 is 2.00 bits per heavy atom. The molecule has 0 saturated carbocycles. The topological polar surface area (TPSA) is 55.4 Å². The molecule has 4 nitrogen and oxygen atoms in total. The summed E-state index contributed by atoms with van der Waals surface area (Å²) in [5, 5.41) is 2.66. The molecule has 26 heavy (non-hydrogen) atoms. The Labute approximate surface area is 149 Å². The van der Waals surface area contributed by atoms with Gasteiger partial charge in [0.2, 0.25) is 0 Å². The number of nitrogens with one attached hydrogen (secondary N) is 1. The maximum Gasteiger partial charge on any atom is 0.407 e. The molecule has 6 heteroatoms. The van der Waals surface area contributed by atoms with Gasteiger partial charge in [0.05, 0.1) is 6.04 Å². The first-order valence-corrected chi connectivity index (χ1v) is 8.13. The van der Waals surface area contributed by atoms with E-state index in [0.717, 1.165) is 17.7 Å². The lowest BCUT2D eigenvalue weighted by Gasteiger charge is -2.10. The molecular formula is C20H17F2NO3. The third kappa shape index (κ3) is 3.96. The molecule has 2 aromatic rings. The lowest BCUT2D eigenvalue weighted by molar-refractivity contribution is 0.0984. The number of amides is 1. The molecule has 1 heterocycles. The van der Waals surface area contributed by atoms with Crippen molar-refractivity contribution in [1.29, 1.82) is 0 Å². The fourth-order valence-electron chi connectivity index (χ4n) is 2.81. The van der Waals surface area contributed by atoms with Crippen molar-refractivity contribution in [2.45, 2.75) is 18.9 Å². The molecule has 134 valence electrons. The summed E-state index contributed by atoms with van der Waals surface area (Å²) in [6.07, 6.45) is -0.0778. The van der Waals surface area contributed by atoms with Crippen LogP contribution in [0.15, 0.2) is 49.0 Å². The highest BCUT2D eigenvalue weighted by Crippen LogP contribution is 2.24. The number of benzene rings is 2. The van der Waals surface area contributed by atoms with Gasteiger partial charge in [-0.1, -0.05) is 24.8 Å². The van der Waals surface area contributed by atoms with Gasteiger partial charge in [0.25, 0.3) is 0 Å². The van der Waals surface area contributed by atoms with Gasteiger partial charge in [-0.25, -0.2) is 13.6 Å².